The molecule has 0 heterocycles. The van der Waals surface area contributed by atoms with Gasteiger partial charge in [0.15, 0.2) is 5.96 Å². The molecule has 0 unspecified atom stereocenters. The van der Waals surface area contributed by atoms with Crippen molar-refractivity contribution in [1.29, 1.82) is 5.41 Å². The number of nitrogens with two attached hydrogens (primary N) is 1. The van der Waals surface area contributed by atoms with Gasteiger partial charge in [-0.05, 0) is 24.6 Å². The largest absolute Gasteiger partial charge is 0.370 e. The molecule has 0 radical (unpaired) electrons. The quantitative estimate of drug-likeness (QED) is 0.440. The van der Waals surface area contributed by atoms with E-state index in [1.807, 2.05) is 24.3 Å². The van der Waals surface area contributed by atoms with Crippen LogP contribution in [0.5, 0.6) is 0 Å². The summed E-state index contributed by atoms with van der Waals surface area (Å²) >= 11 is 3.38. The molecule has 0 saturated carbocycles. The highest BCUT2D eigenvalue weighted by atomic mass is 79.9. The Morgan fingerprint density at radius 3 is 2.69 bits per heavy atom. The van der Waals surface area contributed by atoms with E-state index in [2.05, 4.69) is 21.2 Å². The van der Waals surface area contributed by atoms with Gasteiger partial charge in [0, 0.05) is 10.0 Å². The first kappa shape index (κ1) is 12.4. The smallest absolute Gasteiger partial charge is 0.253 e. The zero-order valence-electron chi connectivity index (χ0n) is 8.75. The minimum atomic E-state index is -0.372. The SMILES string of the molecule is C/C(=C\c1ccccc1Br)C(=O)NC(=N)N. The van der Waals surface area contributed by atoms with Gasteiger partial charge in [-0.15, -0.1) is 0 Å². The van der Waals surface area contributed by atoms with Crippen LogP contribution in [0.1, 0.15) is 12.5 Å². The van der Waals surface area contributed by atoms with Crippen LogP contribution in [0.25, 0.3) is 6.08 Å². The predicted octanol–water partition coefficient (Wildman–Crippen LogP) is 1.86. The minimum absolute atomic E-state index is 0.357. The van der Waals surface area contributed by atoms with Crippen LogP contribution < -0.4 is 11.1 Å². The Labute approximate surface area is 102 Å². The molecule has 0 bridgehead atoms. The number of nitrogens with one attached hydrogen (secondary N) is 2. The Hall–Kier alpha value is -1.62. The second kappa shape index (κ2) is 5.46. The summed E-state index contributed by atoms with van der Waals surface area (Å²) < 4.78 is 0.907. The van der Waals surface area contributed by atoms with Gasteiger partial charge in [0.25, 0.3) is 5.91 Å². The molecular weight excluding hydrogens is 270 g/mol. The molecule has 1 rings (SSSR count). The van der Waals surface area contributed by atoms with E-state index in [1.165, 1.54) is 0 Å². The van der Waals surface area contributed by atoms with Crippen LogP contribution in [0.2, 0.25) is 0 Å². The minimum Gasteiger partial charge on any atom is -0.370 e. The van der Waals surface area contributed by atoms with E-state index < -0.39 is 0 Å². The summed E-state index contributed by atoms with van der Waals surface area (Å²) in [5.74, 6) is -0.729. The highest BCUT2D eigenvalue weighted by Crippen LogP contribution is 2.18. The fourth-order valence-corrected chi connectivity index (χ4v) is 1.51. The summed E-state index contributed by atoms with van der Waals surface area (Å²) in [6.07, 6.45) is 1.72. The van der Waals surface area contributed by atoms with Gasteiger partial charge in [-0.1, -0.05) is 34.1 Å². The molecule has 0 fully saturated rings. The number of rotatable bonds is 2. The lowest BCUT2D eigenvalue weighted by Crippen LogP contribution is -2.36. The fourth-order valence-electron chi connectivity index (χ4n) is 1.11. The van der Waals surface area contributed by atoms with Crippen molar-refractivity contribution in [3.63, 3.8) is 0 Å². The van der Waals surface area contributed by atoms with Gasteiger partial charge >= 0.3 is 0 Å². The van der Waals surface area contributed by atoms with E-state index in [4.69, 9.17) is 11.1 Å². The van der Waals surface area contributed by atoms with Crippen LogP contribution in [0.15, 0.2) is 34.3 Å². The van der Waals surface area contributed by atoms with Gasteiger partial charge in [0.1, 0.15) is 0 Å². The van der Waals surface area contributed by atoms with E-state index in [0.717, 1.165) is 10.0 Å². The van der Waals surface area contributed by atoms with Crippen LogP contribution in [0, 0.1) is 5.41 Å². The van der Waals surface area contributed by atoms with Crippen molar-refractivity contribution in [2.45, 2.75) is 6.92 Å². The first-order chi connectivity index (χ1) is 7.50. The lowest BCUT2D eigenvalue weighted by Gasteiger charge is -2.03. The van der Waals surface area contributed by atoms with Crippen LogP contribution in [0.4, 0.5) is 0 Å². The molecule has 4 nitrogen and oxygen atoms in total. The van der Waals surface area contributed by atoms with E-state index in [9.17, 15) is 4.79 Å². The molecule has 0 aliphatic rings. The maximum atomic E-state index is 11.5. The lowest BCUT2D eigenvalue weighted by atomic mass is 10.1. The summed E-state index contributed by atoms with van der Waals surface area (Å²) in [6.45, 7) is 1.66. The molecule has 0 spiro atoms. The molecule has 84 valence electrons. The molecule has 1 amide bonds. The first-order valence-corrected chi connectivity index (χ1v) is 5.38. The molecule has 4 N–H and O–H groups in total. The Balaban J connectivity index is 2.89. The average molecular weight is 282 g/mol. The van der Waals surface area contributed by atoms with Crippen LogP contribution in [0.3, 0.4) is 0 Å². The Morgan fingerprint density at radius 1 is 1.50 bits per heavy atom. The molecule has 16 heavy (non-hydrogen) atoms. The topological polar surface area (TPSA) is 79.0 Å². The molecule has 1 aromatic carbocycles. The standard InChI is InChI=1S/C11H12BrN3O/c1-7(10(16)15-11(13)14)6-8-4-2-3-5-9(8)12/h2-6H,1H3,(H4,13,14,15,16)/b7-6+. The maximum absolute atomic E-state index is 11.5. The summed E-state index contributed by atoms with van der Waals surface area (Å²) in [5, 5.41) is 9.17. The van der Waals surface area contributed by atoms with E-state index in [-0.39, 0.29) is 11.9 Å². The van der Waals surface area contributed by atoms with Crippen LogP contribution >= 0.6 is 15.9 Å². The fraction of sp³-hybridized carbons (Fsp3) is 0.0909. The van der Waals surface area contributed by atoms with Crippen molar-refractivity contribution in [2.75, 3.05) is 0 Å². The zero-order valence-corrected chi connectivity index (χ0v) is 10.3. The average Bonchev–Trinajstić information content (AvgIpc) is 2.20. The number of halogens is 1. The third-order valence-electron chi connectivity index (χ3n) is 1.88. The van der Waals surface area contributed by atoms with Crippen molar-refractivity contribution in [3.05, 3.63) is 39.9 Å². The van der Waals surface area contributed by atoms with Crippen LogP contribution in [-0.2, 0) is 4.79 Å². The monoisotopic (exact) mass is 281 g/mol. The maximum Gasteiger partial charge on any atom is 0.253 e. The third kappa shape index (κ3) is 3.51. The van der Waals surface area contributed by atoms with Crippen molar-refractivity contribution in [1.82, 2.24) is 5.32 Å². The summed E-state index contributed by atoms with van der Waals surface area (Å²) in [6, 6.07) is 7.55. The number of carbonyl (C=O) groups is 1. The highest BCUT2D eigenvalue weighted by molar-refractivity contribution is 9.10. The Morgan fingerprint density at radius 2 is 2.12 bits per heavy atom. The summed E-state index contributed by atoms with van der Waals surface area (Å²) in [7, 11) is 0. The number of hydrogen-bond donors (Lipinski definition) is 3. The summed E-state index contributed by atoms with van der Waals surface area (Å²) in [4.78, 5) is 11.5. The summed E-state index contributed by atoms with van der Waals surface area (Å²) in [5.41, 5.74) is 6.46. The number of carbonyl (C=O) groups excluding carboxylic acids is 1. The van der Waals surface area contributed by atoms with Gasteiger partial charge in [-0.25, -0.2) is 0 Å². The molecular formula is C11H12BrN3O. The van der Waals surface area contributed by atoms with Crippen LogP contribution in [-0.4, -0.2) is 11.9 Å². The molecule has 0 atom stereocenters. The van der Waals surface area contributed by atoms with E-state index in [1.54, 1.807) is 13.0 Å². The number of benzene rings is 1. The molecule has 0 aliphatic heterocycles. The molecule has 0 saturated heterocycles. The van der Waals surface area contributed by atoms with Crippen molar-refractivity contribution >= 4 is 33.9 Å². The first-order valence-electron chi connectivity index (χ1n) is 4.59. The molecule has 5 heteroatoms. The van der Waals surface area contributed by atoms with Crippen molar-refractivity contribution in [3.8, 4) is 0 Å². The Bertz CT molecular complexity index is 454. The lowest BCUT2D eigenvalue weighted by molar-refractivity contribution is -0.116. The van der Waals surface area contributed by atoms with Gasteiger partial charge in [-0.3, -0.25) is 15.5 Å². The normalized spacial score (nSPS) is 11.0. The molecule has 0 aliphatic carbocycles. The Kier molecular flexibility index (Phi) is 4.25. The van der Waals surface area contributed by atoms with E-state index in [0.29, 0.717) is 5.57 Å². The van der Waals surface area contributed by atoms with Gasteiger partial charge in [-0.2, -0.15) is 0 Å². The zero-order chi connectivity index (χ0) is 12.1. The molecule has 0 aromatic heterocycles. The van der Waals surface area contributed by atoms with Gasteiger partial charge < -0.3 is 5.73 Å². The highest BCUT2D eigenvalue weighted by Gasteiger charge is 2.05. The van der Waals surface area contributed by atoms with Gasteiger partial charge in [0.2, 0.25) is 0 Å². The van der Waals surface area contributed by atoms with E-state index >= 15 is 0 Å². The molecule has 1 aromatic rings. The third-order valence-corrected chi connectivity index (χ3v) is 2.61. The number of guanidine groups is 1. The second-order valence-electron chi connectivity index (χ2n) is 3.22. The van der Waals surface area contributed by atoms with Crippen molar-refractivity contribution in [2.24, 2.45) is 5.73 Å². The van der Waals surface area contributed by atoms with Crippen molar-refractivity contribution < 1.29 is 4.79 Å². The number of hydrogen-bond acceptors (Lipinski definition) is 2. The second-order valence-corrected chi connectivity index (χ2v) is 4.07. The predicted molar refractivity (Wildman–Crippen MR) is 67.8 cm³/mol. The number of amides is 1. The van der Waals surface area contributed by atoms with Gasteiger partial charge in [0.05, 0.1) is 0 Å².